The third-order valence-electron chi connectivity index (χ3n) is 4.43. The number of rotatable bonds is 4. The van der Waals surface area contributed by atoms with Crippen LogP contribution in [0, 0.1) is 0 Å². The zero-order valence-electron chi connectivity index (χ0n) is 12.2. The molecule has 2 fully saturated rings. The van der Waals surface area contributed by atoms with Gasteiger partial charge in [-0.05, 0) is 0 Å². The number of carbonyl (C=O) groups is 1. The number of hydrogen-bond donors (Lipinski definition) is 0. The van der Waals surface area contributed by atoms with Gasteiger partial charge in [0.15, 0.2) is 5.60 Å². The second kappa shape index (κ2) is 4.66. The van der Waals surface area contributed by atoms with Crippen LogP contribution in [0.25, 0.3) is 0 Å². The van der Waals surface area contributed by atoms with Gasteiger partial charge in [0, 0.05) is 18.2 Å². The predicted octanol–water partition coefficient (Wildman–Crippen LogP) is 2.27. The predicted molar refractivity (Wildman–Crippen MR) is 79.2 cm³/mol. The summed E-state index contributed by atoms with van der Waals surface area (Å²) in [4.78, 5) is 12.5. The van der Waals surface area contributed by atoms with Gasteiger partial charge in [-0.3, -0.25) is 0 Å². The monoisotopic (exact) mass is 296 g/mol. The van der Waals surface area contributed by atoms with E-state index in [1.165, 1.54) is 0 Å². The van der Waals surface area contributed by atoms with Crippen molar-refractivity contribution < 1.29 is 19.0 Å². The molecule has 0 N–H and O–H groups in total. The van der Waals surface area contributed by atoms with Gasteiger partial charge in [0.25, 0.3) is 0 Å². The van der Waals surface area contributed by atoms with Crippen molar-refractivity contribution in [3.8, 4) is 0 Å². The van der Waals surface area contributed by atoms with Crippen LogP contribution in [0.5, 0.6) is 0 Å². The maximum Gasteiger partial charge on any atom is 0.345 e. The fraction of sp³-hybridized carbons (Fsp3) is 0.278. The molecule has 0 radical (unpaired) electrons. The number of epoxide rings is 1. The van der Waals surface area contributed by atoms with E-state index in [4.69, 9.17) is 14.2 Å². The Hall–Kier alpha value is -2.17. The Balaban J connectivity index is 1.88. The number of methoxy groups -OCH3 is 1. The molecule has 2 aromatic rings. The van der Waals surface area contributed by atoms with Crippen molar-refractivity contribution in [3.05, 3.63) is 71.8 Å². The average Bonchev–Trinajstić information content (AvgIpc) is 3.25. The number of ether oxygens (including phenoxy) is 3. The van der Waals surface area contributed by atoms with Crippen LogP contribution in [0.2, 0.25) is 0 Å². The quantitative estimate of drug-likeness (QED) is 0.641. The van der Waals surface area contributed by atoms with Gasteiger partial charge in [0.1, 0.15) is 6.10 Å². The highest BCUT2D eigenvalue weighted by Crippen LogP contribution is 2.59. The van der Waals surface area contributed by atoms with Gasteiger partial charge in [-0.1, -0.05) is 60.7 Å². The summed E-state index contributed by atoms with van der Waals surface area (Å²) in [5.74, 6) is -0.355. The molecule has 2 aliphatic rings. The third kappa shape index (κ3) is 1.62. The van der Waals surface area contributed by atoms with Crippen LogP contribution >= 0.6 is 0 Å². The Morgan fingerprint density at radius 3 is 2.00 bits per heavy atom. The minimum atomic E-state index is -0.972. The number of fused-ring (bicyclic) bond motifs is 1. The lowest BCUT2D eigenvalue weighted by molar-refractivity contribution is -0.163. The number of hydrogen-bond acceptors (Lipinski definition) is 4. The molecular formula is C18H16O4. The van der Waals surface area contributed by atoms with E-state index < -0.39 is 11.2 Å². The molecule has 0 bridgehead atoms. The summed E-state index contributed by atoms with van der Waals surface area (Å²) < 4.78 is 16.9. The summed E-state index contributed by atoms with van der Waals surface area (Å²) in [6.07, 6.45) is -0.364. The summed E-state index contributed by atoms with van der Waals surface area (Å²) in [5.41, 5.74) is -0.0523. The number of cyclic esters (lactones) is 1. The zero-order chi connectivity index (χ0) is 15.2. The summed E-state index contributed by atoms with van der Waals surface area (Å²) in [6, 6.07) is 19.5. The molecule has 2 aliphatic heterocycles. The van der Waals surface area contributed by atoms with Crippen molar-refractivity contribution in [3.63, 3.8) is 0 Å². The molecule has 0 aliphatic carbocycles. The second-order valence-electron chi connectivity index (χ2n) is 5.68. The van der Waals surface area contributed by atoms with E-state index >= 15 is 0 Å². The molecule has 4 nitrogen and oxygen atoms in total. The van der Waals surface area contributed by atoms with Crippen LogP contribution in [0.1, 0.15) is 11.1 Å². The van der Waals surface area contributed by atoms with Crippen molar-refractivity contribution in [1.29, 1.82) is 0 Å². The molecule has 2 aromatic carbocycles. The van der Waals surface area contributed by atoms with Crippen molar-refractivity contribution in [2.24, 2.45) is 0 Å². The van der Waals surface area contributed by atoms with E-state index in [-0.39, 0.29) is 18.7 Å². The van der Waals surface area contributed by atoms with Crippen molar-refractivity contribution in [2.75, 3.05) is 13.7 Å². The van der Waals surface area contributed by atoms with Gasteiger partial charge in [-0.15, -0.1) is 0 Å². The van der Waals surface area contributed by atoms with E-state index in [9.17, 15) is 4.79 Å². The number of esters is 1. The molecule has 4 heteroatoms. The van der Waals surface area contributed by atoms with Gasteiger partial charge < -0.3 is 14.2 Å². The molecule has 112 valence electrons. The highest BCUT2D eigenvalue weighted by atomic mass is 16.7. The number of carbonyl (C=O) groups excluding carboxylic acids is 1. The van der Waals surface area contributed by atoms with Gasteiger partial charge >= 0.3 is 5.97 Å². The van der Waals surface area contributed by atoms with E-state index in [1.807, 2.05) is 60.7 Å². The highest BCUT2D eigenvalue weighted by molar-refractivity contribution is 5.89. The molecule has 0 unspecified atom stereocenters. The molecule has 2 saturated heterocycles. The fourth-order valence-electron chi connectivity index (χ4n) is 3.37. The molecule has 0 amide bonds. The lowest BCUT2D eigenvalue weighted by atomic mass is 9.81. The topological polar surface area (TPSA) is 48.1 Å². The Bertz CT molecular complexity index is 658. The Morgan fingerprint density at radius 1 is 1.00 bits per heavy atom. The highest BCUT2D eigenvalue weighted by Gasteiger charge is 2.80. The van der Waals surface area contributed by atoms with E-state index in [0.29, 0.717) is 0 Å². The van der Waals surface area contributed by atoms with E-state index in [1.54, 1.807) is 7.11 Å². The van der Waals surface area contributed by atoms with Gasteiger partial charge in [0.05, 0.1) is 6.61 Å². The molecule has 0 spiro atoms. The van der Waals surface area contributed by atoms with Gasteiger partial charge in [0.2, 0.25) is 5.60 Å². The van der Waals surface area contributed by atoms with Crippen molar-refractivity contribution >= 4 is 5.97 Å². The largest absolute Gasteiger partial charge is 0.444 e. The summed E-state index contributed by atoms with van der Waals surface area (Å²) in [5, 5.41) is 0. The Kier molecular flexibility index (Phi) is 2.86. The van der Waals surface area contributed by atoms with E-state index in [0.717, 1.165) is 11.1 Å². The normalized spacial score (nSPS) is 28.0. The molecular weight excluding hydrogens is 280 g/mol. The molecule has 2 atom stereocenters. The van der Waals surface area contributed by atoms with Crippen LogP contribution < -0.4 is 0 Å². The smallest absolute Gasteiger partial charge is 0.345 e. The first-order chi connectivity index (χ1) is 10.7. The first kappa shape index (κ1) is 13.5. The second-order valence-corrected chi connectivity index (χ2v) is 5.68. The van der Waals surface area contributed by atoms with Gasteiger partial charge in [-0.25, -0.2) is 4.79 Å². The molecule has 0 aromatic heterocycles. The Labute approximate surface area is 128 Å². The first-order valence-electron chi connectivity index (χ1n) is 7.25. The van der Waals surface area contributed by atoms with Crippen LogP contribution in [0.15, 0.2) is 60.7 Å². The zero-order valence-corrected chi connectivity index (χ0v) is 12.2. The fourth-order valence-corrected chi connectivity index (χ4v) is 3.37. The first-order valence-corrected chi connectivity index (χ1v) is 7.25. The lowest BCUT2D eigenvalue weighted by Gasteiger charge is -2.29. The SMILES string of the molecule is COC[C@@]12O[C@@H]1C(c1ccccc1)(c1ccccc1)OC2=O. The van der Waals surface area contributed by atoms with Gasteiger partial charge in [-0.2, -0.15) is 0 Å². The third-order valence-corrected chi connectivity index (χ3v) is 4.43. The maximum absolute atomic E-state index is 12.5. The molecule has 4 rings (SSSR count). The van der Waals surface area contributed by atoms with E-state index in [2.05, 4.69) is 0 Å². The molecule has 0 saturated carbocycles. The van der Waals surface area contributed by atoms with Crippen LogP contribution in [0.4, 0.5) is 0 Å². The van der Waals surface area contributed by atoms with Crippen LogP contribution in [-0.4, -0.2) is 31.4 Å². The van der Waals surface area contributed by atoms with Crippen LogP contribution in [-0.2, 0) is 24.6 Å². The average molecular weight is 296 g/mol. The summed E-state index contributed by atoms with van der Waals surface area (Å²) in [7, 11) is 1.56. The minimum absolute atomic E-state index is 0.206. The van der Waals surface area contributed by atoms with Crippen molar-refractivity contribution in [2.45, 2.75) is 17.3 Å². The summed E-state index contributed by atoms with van der Waals surface area (Å²) >= 11 is 0. The van der Waals surface area contributed by atoms with Crippen molar-refractivity contribution in [1.82, 2.24) is 0 Å². The molecule has 2 heterocycles. The number of benzene rings is 2. The Morgan fingerprint density at radius 2 is 1.55 bits per heavy atom. The summed E-state index contributed by atoms with van der Waals surface area (Å²) in [6.45, 7) is 0.206. The van der Waals surface area contributed by atoms with Crippen LogP contribution in [0.3, 0.4) is 0 Å². The minimum Gasteiger partial charge on any atom is -0.444 e. The lowest BCUT2D eigenvalue weighted by Crippen LogP contribution is -2.34. The molecule has 22 heavy (non-hydrogen) atoms. The standard InChI is InChI=1S/C18H16O4/c1-20-12-17-15(21-17)18(22-16(17)19,13-8-4-2-5-9-13)14-10-6-3-7-11-14/h2-11,15H,12H2,1H3/t15-,17+/m0/s1. The maximum atomic E-state index is 12.5.